The van der Waals surface area contributed by atoms with Gasteiger partial charge in [0.15, 0.2) is 25.0 Å². The molecule has 0 aromatic rings. The third kappa shape index (κ3) is 21.6. The van der Waals surface area contributed by atoms with Crippen molar-refractivity contribution in [2.75, 3.05) is 0 Å². The van der Waals surface area contributed by atoms with E-state index in [2.05, 4.69) is 73.9 Å². The van der Waals surface area contributed by atoms with Crippen LogP contribution in [-0.2, 0) is 0 Å². The van der Waals surface area contributed by atoms with Crippen LogP contribution in [0.25, 0.3) is 0 Å². The monoisotopic (exact) mass is 454 g/mol. The molecule has 168 valence electrons. The molecule has 7 heteroatoms. The van der Waals surface area contributed by atoms with Crippen LogP contribution in [-0.4, -0.2) is 54.6 Å². The maximum Gasteiger partial charge on any atom is 0.229 e. The molecule has 0 heterocycles. The van der Waals surface area contributed by atoms with Gasteiger partial charge in [-0.25, -0.2) is 0 Å². The van der Waals surface area contributed by atoms with E-state index in [1.54, 1.807) is 0 Å². The van der Waals surface area contributed by atoms with Gasteiger partial charge in [0.2, 0.25) is 15.2 Å². The van der Waals surface area contributed by atoms with Gasteiger partial charge in [0, 0.05) is 0 Å². The summed E-state index contributed by atoms with van der Waals surface area (Å²) in [6.45, 7) is 18.7. The van der Waals surface area contributed by atoms with Crippen LogP contribution in [0.15, 0.2) is 0 Å². The van der Waals surface area contributed by atoms with Crippen LogP contribution in [0, 0.1) is 0 Å². The molecule has 0 aliphatic carbocycles. The van der Waals surface area contributed by atoms with Crippen molar-refractivity contribution in [1.29, 1.82) is 0 Å². The van der Waals surface area contributed by atoms with Gasteiger partial charge in [0.05, 0.1) is 0 Å². The molecule has 0 aromatic carbocycles. The molecule has 3 nitrogen and oxygen atoms in total. The summed E-state index contributed by atoms with van der Waals surface area (Å²) in [6, 6.07) is 9.13. The second-order valence-corrected chi connectivity index (χ2v) is 22.7. The predicted molar refractivity (Wildman–Crippen MR) is 137 cm³/mol. The number of hydrogen-bond acceptors (Lipinski definition) is 3. The summed E-state index contributed by atoms with van der Waals surface area (Å²) in [7, 11) is -5.01. The van der Waals surface area contributed by atoms with Crippen molar-refractivity contribution in [3.05, 3.63) is 0 Å². The van der Waals surface area contributed by atoms with Crippen LogP contribution in [0.1, 0.15) is 62.3 Å². The lowest BCUT2D eigenvalue weighted by Crippen LogP contribution is -2.30. The van der Waals surface area contributed by atoms with E-state index < -0.39 is 25.0 Å². The van der Waals surface area contributed by atoms with Gasteiger partial charge in [-0.05, 0) is 54.4 Å². The van der Waals surface area contributed by atoms with E-state index in [-0.39, 0.29) is 0 Å². The Kier molecular flexibility index (Phi) is 28.6. The highest BCUT2D eigenvalue weighted by atomic mass is 28.4. The van der Waals surface area contributed by atoms with E-state index >= 15 is 0 Å². The van der Waals surface area contributed by atoms with Gasteiger partial charge in [-0.1, -0.05) is 62.3 Å². The molecule has 0 fully saturated rings. The zero-order chi connectivity index (χ0) is 22.6. The SMILES string of the molecule is CC[Si](O)(CC)CC.CC[Si](O)(CC)CC.CC[Si](O)(CC)CC.[CH3][AlH][CH3]. The Morgan fingerprint density at radius 1 is 0.407 bits per heavy atom. The Morgan fingerprint density at radius 3 is 0.481 bits per heavy atom. The molecule has 0 saturated carbocycles. The Hall–Kier alpha value is 1.06. The predicted octanol–water partition coefficient (Wildman–Crippen LogP) is 6.47. The van der Waals surface area contributed by atoms with Crippen molar-refractivity contribution >= 4 is 40.2 Å². The first-order valence-corrected chi connectivity index (χ1v) is 22.2. The Balaban J connectivity index is -0.000000137. The second-order valence-electron chi connectivity index (χ2n) is 7.56. The van der Waals surface area contributed by atoms with E-state index in [4.69, 9.17) is 0 Å². The van der Waals surface area contributed by atoms with Gasteiger partial charge in [0.25, 0.3) is 0 Å². The summed E-state index contributed by atoms with van der Waals surface area (Å²) in [5.41, 5.74) is 0. The van der Waals surface area contributed by atoms with Crippen LogP contribution in [0.5, 0.6) is 0 Å². The quantitative estimate of drug-likeness (QED) is 0.350. The van der Waals surface area contributed by atoms with E-state index in [1.165, 1.54) is 0 Å². The maximum atomic E-state index is 9.58. The molecule has 27 heavy (non-hydrogen) atoms. The van der Waals surface area contributed by atoms with Gasteiger partial charge < -0.3 is 14.4 Å². The van der Waals surface area contributed by atoms with Crippen molar-refractivity contribution in [3.8, 4) is 0 Å². The molecule has 0 spiro atoms. The molecule has 0 radical (unpaired) electrons. The van der Waals surface area contributed by atoms with Crippen molar-refractivity contribution in [3.63, 3.8) is 0 Å². The van der Waals surface area contributed by atoms with E-state index in [0.717, 1.165) is 54.4 Å². The van der Waals surface area contributed by atoms with Crippen molar-refractivity contribution in [2.45, 2.75) is 128 Å². The van der Waals surface area contributed by atoms with Crippen LogP contribution in [0.4, 0.5) is 0 Å². The molecule has 0 unspecified atom stereocenters. The Bertz CT molecular complexity index is 216. The topological polar surface area (TPSA) is 60.7 Å². The highest BCUT2D eigenvalue weighted by Crippen LogP contribution is 2.16. The lowest BCUT2D eigenvalue weighted by atomic mass is 10.9. The molecule has 0 aliphatic heterocycles. The van der Waals surface area contributed by atoms with Crippen LogP contribution >= 0.6 is 0 Å². The summed E-state index contributed by atoms with van der Waals surface area (Å²) in [5, 5.41) is 0. The fraction of sp³-hybridized carbons (Fsp3) is 1.00. The zero-order valence-electron chi connectivity index (χ0n) is 20.9. The van der Waals surface area contributed by atoms with Gasteiger partial charge >= 0.3 is 0 Å². The first-order valence-electron chi connectivity index (χ1n) is 11.6. The van der Waals surface area contributed by atoms with Crippen LogP contribution in [0.3, 0.4) is 0 Å². The van der Waals surface area contributed by atoms with Crippen molar-refractivity contribution in [2.24, 2.45) is 0 Å². The highest BCUT2D eigenvalue weighted by Gasteiger charge is 2.23. The van der Waals surface area contributed by atoms with Gasteiger partial charge in [-0.2, -0.15) is 0 Å². The number of rotatable bonds is 9. The molecule has 0 aromatic heterocycles. The average molecular weight is 455 g/mol. The lowest BCUT2D eigenvalue weighted by molar-refractivity contribution is 0.530. The normalized spacial score (nSPS) is 11.2. The minimum atomic E-state index is -1.67. The summed E-state index contributed by atoms with van der Waals surface area (Å²) >= 11 is 0.417. The minimum absolute atomic E-state index is 0.417. The molecular formula is C20H55AlO3Si3. The average Bonchev–Trinajstić information content (AvgIpc) is 2.73. The Morgan fingerprint density at radius 2 is 0.481 bits per heavy atom. The summed E-state index contributed by atoms with van der Waals surface area (Å²) in [5.74, 6) is 4.53. The standard InChI is InChI=1S/3C6H16OSi.2CH3.Al.H/c3*1-4-8(7,5-2)6-3;;;;/h3*7H,4-6H2,1-3H3;2*1H3;;. The smallest absolute Gasteiger partial charge is 0.229 e. The fourth-order valence-corrected chi connectivity index (χ4v) is 6.75. The van der Waals surface area contributed by atoms with Gasteiger partial charge in [-0.15, -0.1) is 11.6 Å². The highest BCUT2D eigenvalue weighted by molar-refractivity contribution is 6.72. The van der Waals surface area contributed by atoms with Crippen molar-refractivity contribution in [1.82, 2.24) is 0 Å². The van der Waals surface area contributed by atoms with Crippen LogP contribution in [0.2, 0.25) is 66.0 Å². The lowest BCUT2D eigenvalue weighted by Gasteiger charge is -2.18. The molecule has 0 amide bonds. The first-order chi connectivity index (χ1) is 12.5. The molecule has 0 saturated heterocycles. The third-order valence-electron chi connectivity index (χ3n) is 5.92. The minimum Gasteiger partial charge on any atom is -0.432 e. The fourth-order valence-electron chi connectivity index (χ4n) is 2.25. The number of hydrogen-bond donors (Lipinski definition) is 3. The van der Waals surface area contributed by atoms with Crippen LogP contribution < -0.4 is 0 Å². The maximum absolute atomic E-state index is 9.58. The molecule has 0 bridgehead atoms. The summed E-state index contributed by atoms with van der Waals surface area (Å²) < 4.78 is 0. The summed E-state index contributed by atoms with van der Waals surface area (Å²) in [4.78, 5) is 28.7. The third-order valence-corrected chi connectivity index (χ3v) is 17.8. The first kappa shape index (κ1) is 35.5. The Labute approximate surface area is 182 Å². The second kappa shape index (κ2) is 21.8. The summed E-state index contributed by atoms with van der Waals surface area (Å²) in [6.07, 6.45) is 0. The zero-order valence-corrected chi connectivity index (χ0v) is 25.3. The van der Waals surface area contributed by atoms with E-state index in [1.807, 2.05) is 0 Å². The van der Waals surface area contributed by atoms with Gasteiger partial charge in [0.1, 0.15) is 0 Å². The van der Waals surface area contributed by atoms with E-state index in [0.29, 0.717) is 15.2 Å². The van der Waals surface area contributed by atoms with Crippen molar-refractivity contribution < 1.29 is 14.4 Å². The molecule has 3 N–H and O–H groups in total. The molecule has 0 aliphatic rings. The molecule has 0 atom stereocenters. The largest absolute Gasteiger partial charge is 0.432 e. The van der Waals surface area contributed by atoms with E-state index in [9.17, 15) is 14.4 Å². The van der Waals surface area contributed by atoms with Gasteiger partial charge in [-0.3, -0.25) is 0 Å². The molecule has 0 rings (SSSR count). The molecular weight excluding hydrogens is 399 g/mol.